The van der Waals surface area contributed by atoms with Crippen LogP contribution in [0.4, 0.5) is 22.8 Å². The zero-order chi connectivity index (χ0) is 31.2. The van der Waals surface area contributed by atoms with Gasteiger partial charge in [0, 0.05) is 13.0 Å². The SMILES string of the molecule is C=CCCCCC(NC(C(=O)[N+]1(C(=O)OC)C[C@H](OC(=O)N2Cc3cccc(C=C)c3C2)CC1C)C(C)C)C(F)(F)F. The van der Waals surface area contributed by atoms with Crippen molar-refractivity contribution in [1.29, 1.82) is 0 Å². The van der Waals surface area contributed by atoms with Crippen LogP contribution in [0.2, 0.25) is 0 Å². The second-order valence-corrected chi connectivity index (χ2v) is 11.6. The average molecular weight is 595 g/mol. The summed E-state index contributed by atoms with van der Waals surface area (Å²) in [5.74, 6) is -1.29. The molecule has 3 amide bonds. The summed E-state index contributed by atoms with van der Waals surface area (Å²) in [5.41, 5.74) is 2.89. The van der Waals surface area contributed by atoms with Crippen LogP contribution in [0.15, 0.2) is 37.4 Å². The number of fused-ring (bicyclic) bond motifs is 1. The van der Waals surface area contributed by atoms with Gasteiger partial charge in [0.2, 0.25) is 0 Å². The lowest BCUT2D eigenvalue weighted by Gasteiger charge is -2.36. The number of rotatable bonds is 11. The average Bonchev–Trinajstić information content (AvgIpc) is 3.52. The molecule has 3 rings (SSSR count). The van der Waals surface area contributed by atoms with Crippen LogP contribution in [-0.2, 0) is 27.4 Å². The maximum Gasteiger partial charge on any atom is 0.523 e. The fraction of sp³-hybridized carbons (Fsp3) is 0.581. The van der Waals surface area contributed by atoms with Gasteiger partial charge in [-0.05, 0) is 48.8 Å². The topological polar surface area (TPSA) is 84.9 Å². The minimum absolute atomic E-state index is 0.167. The number of methoxy groups -OCH3 is 1. The Bertz CT molecular complexity index is 1170. The van der Waals surface area contributed by atoms with Crippen LogP contribution in [-0.4, -0.2) is 71.5 Å². The molecule has 1 N–H and O–H groups in total. The fourth-order valence-corrected chi connectivity index (χ4v) is 6.01. The molecule has 232 valence electrons. The van der Waals surface area contributed by atoms with Gasteiger partial charge in [-0.15, -0.1) is 6.58 Å². The van der Waals surface area contributed by atoms with Crippen LogP contribution in [0, 0.1) is 5.92 Å². The third-order valence-electron chi connectivity index (χ3n) is 8.37. The van der Waals surface area contributed by atoms with E-state index in [9.17, 15) is 27.6 Å². The molecule has 11 heteroatoms. The molecule has 0 bridgehead atoms. The zero-order valence-electron chi connectivity index (χ0n) is 24.9. The van der Waals surface area contributed by atoms with Gasteiger partial charge >= 0.3 is 24.3 Å². The fourth-order valence-electron chi connectivity index (χ4n) is 6.01. The number of hydrogen-bond acceptors (Lipinski definition) is 6. The molecule has 1 fully saturated rings. The Balaban J connectivity index is 1.80. The molecule has 2 heterocycles. The van der Waals surface area contributed by atoms with Crippen molar-refractivity contribution in [2.45, 2.75) is 96.4 Å². The van der Waals surface area contributed by atoms with Gasteiger partial charge in [-0.3, -0.25) is 10.2 Å². The van der Waals surface area contributed by atoms with Crippen LogP contribution < -0.4 is 5.32 Å². The quantitative estimate of drug-likeness (QED) is 0.183. The highest BCUT2D eigenvalue weighted by molar-refractivity contribution is 5.85. The summed E-state index contributed by atoms with van der Waals surface area (Å²) in [7, 11) is 1.14. The van der Waals surface area contributed by atoms with Crippen molar-refractivity contribution in [3.05, 3.63) is 54.1 Å². The van der Waals surface area contributed by atoms with Crippen molar-refractivity contribution in [2.24, 2.45) is 5.92 Å². The van der Waals surface area contributed by atoms with Gasteiger partial charge in [0.1, 0.15) is 24.7 Å². The van der Waals surface area contributed by atoms with E-state index in [0.717, 1.165) is 23.8 Å². The normalized spacial score (nSPS) is 23.3. The van der Waals surface area contributed by atoms with Crippen LogP contribution in [0.5, 0.6) is 0 Å². The van der Waals surface area contributed by atoms with Crippen molar-refractivity contribution in [1.82, 2.24) is 10.2 Å². The first kappa shape index (κ1) is 33.3. The number of allylic oxidation sites excluding steroid dienone is 1. The molecule has 1 aromatic rings. The Morgan fingerprint density at radius 1 is 1.19 bits per heavy atom. The number of benzene rings is 1. The summed E-state index contributed by atoms with van der Waals surface area (Å²) in [6.45, 7) is 12.8. The number of amides is 3. The van der Waals surface area contributed by atoms with E-state index in [2.05, 4.69) is 18.5 Å². The van der Waals surface area contributed by atoms with Gasteiger partial charge < -0.3 is 9.47 Å². The van der Waals surface area contributed by atoms with Crippen LogP contribution >= 0.6 is 0 Å². The molecular weight excluding hydrogens is 551 g/mol. The predicted molar refractivity (Wildman–Crippen MR) is 153 cm³/mol. The van der Waals surface area contributed by atoms with E-state index in [-0.39, 0.29) is 19.4 Å². The maximum absolute atomic E-state index is 14.1. The van der Waals surface area contributed by atoms with Gasteiger partial charge in [-0.25, -0.2) is 9.59 Å². The lowest BCUT2D eigenvalue weighted by molar-refractivity contribution is -0.795. The van der Waals surface area contributed by atoms with Gasteiger partial charge in [0.25, 0.3) is 0 Å². The van der Waals surface area contributed by atoms with Crippen molar-refractivity contribution in [3.63, 3.8) is 0 Å². The molecule has 5 atom stereocenters. The minimum atomic E-state index is -4.59. The number of nitrogens with one attached hydrogen (secondary N) is 1. The van der Waals surface area contributed by atoms with Crippen LogP contribution in [0.1, 0.15) is 69.6 Å². The number of hydrogen-bond donors (Lipinski definition) is 1. The molecule has 2 aliphatic heterocycles. The standard InChI is InChI=1S/C31H43F3N3O5/c1-7-9-10-11-15-26(31(32,33)34)35-27(20(3)4)28(38)37(30(40)41-6)19-24(16-21(37)5)42-29(39)36-17-23-14-12-13-22(8-2)25(23)18-36/h7-8,12-14,20-21,24,26-27,35H,1-2,9-11,15-19H2,3-6H3/q+1/t21?,24-,26?,27?,37?/m1/s1. The molecule has 42 heavy (non-hydrogen) atoms. The van der Waals surface area contributed by atoms with E-state index in [4.69, 9.17) is 9.47 Å². The number of alkyl halides is 3. The third kappa shape index (κ3) is 7.06. The smallest absolute Gasteiger partial charge is 0.440 e. The van der Waals surface area contributed by atoms with Gasteiger partial charge in [-0.1, -0.05) is 57.2 Å². The van der Waals surface area contributed by atoms with E-state index in [1.165, 1.54) is 4.90 Å². The number of carbonyl (C=O) groups is 3. The molecule has 8 nitrogen and oxygen atoms in total. The van der Waals surface area contributed by atoms with Gasteiger partial charge in [0.15, 0.2) is 6.10 Å². The Morgan fingerprint density at radius 2 is 1.90 bits per heavy atom. The molecule has 4 unspecified atom stereocenters. The highest BCUT2D eigenvalue weighted by Crippen LogP contribution is 2.35. The summed E-state index contributed by atoms with van der Waals surface area (Å²) in [6, 6.07) is 1.82. The molecular formula is C31H43F3N3O5+. The predicted octanol–water partition coefficient (Wildman–Crippen LogP) is 6.34. The molecule has 0 saturated carbocycles. The van der Waals surface area contributed by atoms with E-state index in [1.807, 2.05) is 18.2 Å². The second kappa shape index (κ2) is 13.9. The summed E-state index contributed by atoms with van der Waals surface area (Å²) >= 11 is 0. The molecule has 2 aliphatic rings. The number of ether oxygens (including phenoxy) is 2. The summed E-state index contributed by atoms with van der Waals surface area (Å²) in [5, 5.41) is 2.54. The molecule has 1 saturated heterocycles. The molecule has 1 aromatic carbocycles. The monoisotopic (exact) mass is 594 g/mol. The van der Waals surface area contributed by atoms with E-state index in [1.54, 1.807) is 32.9 Å². The zero-order valence-corrected chi connectivity index (χ0v) is 24.9. The van der Waals surface area contributed by atoms with Gasteiger partial charge in [-0.2, -0.15) is 22.4 Å². The minimum Gasteiger partial charge on any atom is -0.440 e. The third-order valence-corrected chi connectivity index (χ3v) is 8.37. The van der Waals surface area contributed by atoms with E-state index < -0.39 is 58.9 Å². The second-order valence-electron chi connectivity index (χ2n) is 11.6. The lowest BCUT2D eigenvalue weighted by Crippen LogP contribution is -2.67. The first-order valence-electron chi connectivity index (χ1n) is 14.4. The number of likely N-dealkylation sites (tertiary alicyclic amines) is 1. The molecule has 0 spiro atoms. The van der Waals surface area contributed by atoms with Crippen molar-refractivity contribution in [3.8, 4) is 0 Å². The lowest BCUT2D eigenvalue weighted by atomic mass is 9.98. The van der Waals surface area contributed by atoms with Gasteiger partial charge in [0.05, 0.1) is 13.7 Å². The van der Waals surface area contributed by atoms with E-state index >= 15 is 0 Å². The van der Waals surface area contributed by atoms with Crippen molar-refractivity contribution < 1.29 is 41.5 Å². The number of quaternary nitrogens is 1. The molecule has 0 aliphatic carbocycles. The molecule has 0 aromatic heterocycles. The van der Waals surface area contributed by atoms with E-state index in [0.29, 0.717) is 32.4 Å². The largest absolute Gasteiger partial charge is 0.523 e. The van der Waals surface area contributed by atoms with Crippen molar-refractivity contribution >= 4 is 24.2 Å². The Hall–Kier alpha value is -3.18. The first-order valence-corrected chi connectivity index (χ1v) is 14.4. The Labute approximate surface area is 246 Å². The van der Waals surface area contributed by atoms with Crippen LogP contribution in [0.3, 0.4) is 0 Å². The number of halogens is 3. The van der Waals surface area contributed by atoms with Crippen LogP contribution in [0.25, 0.3) is 6.08 Å². The van der Waals surface area contributed by atoms with Crippen molar-refractivity contribution in [2.75, 3.05) is 13.7 Å². The highest BCUT2D eigenvalue weighted by atomic mass is 19.4. The highest BCUT2D eigenvalue weighted by Gasteiger charge is 2.61. The summed E-state index contributed by atoms with van der Waals surface area (Å²) < 4.78 is 52.1. The summed E-state index contributed by atoms with van der Waals surface area (Å²) in [4.78, 5) is 42.1. The number of imide groups is 1. The Kier molecular flexibility index (Phi) is 11.0. The number of carbonyl (C=O) groups excluding carboxylic acids is 3. The summed E-state index contributed by atoms with van der Waals surface area (Å²) in [6.07, 6.45) is -2.13. The maximum atomic E-state index is 14.1. The Morgan fingerprint density at radius 3 is 2.50 bits per heavy atom. The number of unbranched alkanes of at least 4 members (excludes halogenated alkanes) is 2. The molecule has 0 radical (unpaired) electrons. The number of nitrogens with zero attached hydrogens (tertiary/aromatic N) is 2. The first-order chi connectivity index (χ1) is 19.8.